The van der Waals surface area contributed by atoms with E-state index in [1.807, 2.05) is 24.4 Å². The molecule has 5 rings (SSSR count). The van der Waals surface area contributed by atoms with E-state index in [4.69, 9.17) is 5.73 Å². The predicted octanol–water partition coefficient (Wildman–Crippen LogP) is 3.56. The molecule has 30 heavy (non-hydrogen) atoms. The number of carbonyl (C=O) groups is 1. The number of likely N-dealkylation sites (N-methyl/N-ethyl adjacent to an activating group) is 1. The molecule has 0 fully saturated rings. The van der Waals surface area contributed by atoms with Gasteiger partial charge in [0.15, 0.2) is 0 Å². The first-order valence-electron chi connectivity index (χ1n) is 9.62. The van der Waals surface area contributed by atoms with Crippen molar-refractivity contribution in [3.8, 4) is 11.1 Å². The van der Waals surface area contributed by atoms with Crippen LogP contribution in [0.25, 0.3) is 39.1 Å². The molecule has 0 spiro atoms. The summed E-state index contributed by atoms with van der Waals surface area (Å²) in [5, 5.41) is 4.38. The summed E-state index contributed by atoms with van der Waals surface area (Å²) < 4.78 is 2.22. The van der Waals surface area contributed by atoms with Crippen LogP contribution in [0.1, 0.15) is 12.1 Å². The van der Waals surface area contributed by atoms with Gasteiger partial charge < -0.3 is 15.6 Å². The number of allylic oxidation sites excluding steroid dienone is 1. The topological polar surface area (TPSA) is 98.7 Å². The monoisotopic (exact) mass is 398 g/mol. The molecule has 1 aliphatic rings. The van der Waals surface area contributed by atoms with Gasteiger partial charge in [0.1, 0.15) is 17.8 Å². The number of para-hydroxylation sites is 1. The van der Waals surface area contributed by atoms with Crippen molar-refractivity contribution in [3.05, 3.63) is 67.3 Å². The van der Waals surface area contributed by atoms with E-state index in [1.165, 1.54) is 12.4 Å². The summed E-state index contributed by atoms with van der Waals surface area (Å²) in [6, 6.07) is 10.3. The van der Waals surface area contributed by atoms with Crippen molar-refractivity contribution in [1.82, 2.24) is 24.8 Å². The molecule has 0 saturated heterocycles. The van der Waals surface area contributed by atoms with Crippen LogP contribution in [-0.4, -0.2) is 32.5 Å². The van der Waals surface area contributed by atoms with Crippen LogP contribution in [0, 0.1) is 0 Å². The Labute approximate surface area is 174 Å². The molecule has 1 aliphatic heterocycles. The minimum Gasteiger partial charge on any atom is -0.383 e. The van der Waals surface area contributed by atoms with Crippen LogP contribution in [0.4, 0.5) is 5.82 Å². The summed E-state index contributed by atoms with van der Waals surface area (Å²) in [5.74, 6) is 0.369. The molecular weight excluding hydrogens is 376 g/mol. The van der Waals surface area contributed by atoms with Gasteiger partial charge in [0.05, 0.1) is 16.6 Å². The van der Waals surface area contributed by atoms with E-state index in [2.05, 4.69) is 55.7 Å². The van der Waals surface area contributed by atoms with Gasteiger partial charge in [-0.15, -0.1) is 0 Å². The van der Waals surface area contributed by atoms with Crippen LogP contribution in [-0.2, 0) is 11.3 Å². The van der Waals surface area contributed by atoms with E-state index < -0.39 is 0 Å². The van der Waals surface area contributed by atoms with E-state index in [-0.39, 0.29) is 5.91 Å². The number of benzene rings is 1. The maximum Gasteiger partial charge on any atom is 0.243 e. The van der Waals surface area contributed by atoms with E-state index in [1.54, 1.807) is 7.05 Å². The van der Waals surface area contributed by atoms with Crippen LogP contribution in [0.15, 0.2) is 61.6 Å². The number of amides is 1. The molecule has 150 valence electrons. The van der Waals surface area contributed by atoms with Gasteiger partial charge in [0, 0.05) is 36.3 Å². The second-order valence-electron chi connectivity index (χ2n) is 6.80. The van der Waals surface area contributed by atoms with Gasteiger partial charge in [0.2, 0.25) is 5.91 Å². The summed E-state index contributed by atoms with van der Waals surface area (Å²) in [7, 11) is 1.56. The Bertz CT molecular complexity index is 1290. The van der Waals surface area contributed by atoms with Crippen molar-refractivity contribution >= 4 is 39.7 Å². The van der Waals surface area contributed by atoms with Gasteiger partial charge in [0.25, 0.3) is 0 Å². The Balaban J connectivity index is 0.000000322. The molecule has 0 unspecified atom stereocenters. The van der Waals surface area contributed by atoms with Crippen LogP contribution in [0.5, 0.6) is 0 Å². The highest BCUT2D eigenvalue weighted by molar-refractivity contribution is 6.05. The number of carbonyl (C=O) groups excluding carboxylic acids is 1. The molecule has 4 heterocycles. The van der Waals surface area contributed by atoms with Crippen molar-refractivity contribution in [2.24, 2.45) is 0 Å². The number of nitrogen functional groups attached to an aromatic ring is 1. The van der Waals surface area contributed by atoms with E-state index >= 15 is 0 Å². The number of hydrogen-bond acceptors (Lipinski definition) is 5. The molecule has 0 aliphatic carbocycles. The fourth-order valence-electron chi connectivity index (χ4n) is 3.61. The Morgan fingerprint density at radius 1 is 1.27 bits per heavy atom. The molecule has 1 aromatic carbocycles. The lowest BCUT2D eigenvalue weighted by Crippen LogP contribution is -2.13. The summed E-state index contributed by atoms with van der Waals surface area (Å²) in [5.41, 5.74) is 11.3. The molecule has 7 heteroatoms. The molecule has 4 aromatic rings. The number of anilines is 1. The van der Waals surface area contributed by atoms with Crippen molar-refractivity contribution in [2.45, 2.75) is 13.0 Å². The fraction of sp³-hybridized carbons (Fsp3) is 0.130. The third-order valence-corrected chi connectivity index (χ3v) is 5.02. The second kappa shape index (κ2) is 8.16. The largest absolute Gasteiger partial charge is 0.383 e. The van der Waals surface area contributed by atoms with Gasteiger partial charge in [-0.1, -0.05) is 30.9 Å². The average molecular weight is 398 g/mol. The van der Waals surface area contributed by atoms with Crippen molar-refractivity contribution in [3.63, 3.8) is 0 Å². The molecular formula is C23H22N6O. The van der Waals surface area contributed by atoms with Crippen LogP contribution < -0.4 is 11.1 Å². The zero-order chi connectivity index (χ0) is 21.1. The van der Waals surface area contributed by atoms with Gasteiger partial charge in [-0.2, -0.15) is 0 Å². The van der Waals surface area contributed by atoms with E-state index in [9.17, 15) is 4.79 Å². The first-order valence-corrected chi connectivity index (χ1v) is 9.62. The molecule has 3 aromatic heterocycles. The predicted molar refractivity (Wildman–Crippen MR) is 121 cm³/mol. The van der Waals surface area contributed by atoms with Crippen molar-refractivity contribution in [2.75, 3.05) is 12.8 Å². The summed E-state index contributed by atoms with van der Waals surface area (Å²) >= 11 is 0. The van der Waals surface area contributed by atoms with Gasteiger partial charge in [-0.05, 0) is 30.7 Å². The SMILES string of the molecule is C=CC(=O)NC.Nc1ncnc2c1c(-c1cnc3ccccc3c1)c1n2CCC=C1. The quantitative estimate of drug-likeness (QED) is 0.503. The van der Waals surface area contributed by atoms with Crippen LogP contribution in [0.3, 0.4) is 0 Å². The lowest BCUT2D eigenvalue weighted by molar-refractivity contribution is -0.116. The Morgan fingerprint density at radius 2 is 2.10 bits per heavy atom. The highest BCUT2D eigenvalue weighted by Crippen LogP contribution is 2.39. The molecule has 0 atom stereocenters. The number of aromatic nitrogens is 4. The average Bonchev–Trinajstić information content (AvgIpc) is 3.14. The molecule has 7 nitrogen and oxygen atoms in total. The van der Waals surface area contributed by atoms with Gasteiger partial charge in [-0.25, -0.2) is 9.97 Å². The Hall–Kier alpha value is -4.00. The highest BCUT2D eigenvalue weighted by Gasteiger charge is 2.22. The first-order chi connectivity index (χ1) is 14.6. The zero-order valence-electron chi connectivity index (χ0n) is 16.7. The second-order valence-corrected chi connectivity index (χ2v) is 6.80. The summed E-state index contributed by atoms with van der Waals surface area (Å²) in [4.78, 5) is 23.2. The Kier molecular flexibility index (Phi) is 5.26. The van der Waals surface area contributed by atoms with Crippen molar-refractivity contribution in [1.29, 1.82) is 0 Å². The third-order valence-electron chi connectivity index (χ3n) is 5.02. The number of fused-ring (bicyclic) bond motifs is 4. The number of nitrogens with two attached hydrogens (primary N) is 1. The van der Waals surface area contributed by atoms with Crippen LogP contribution >= 0.6 is 0 Å². The lowest BCUT2D eigenvalue weighted by Gasteiger charge is -2.11. The number of pyridine rings is 1. The molecule has 0 radical (unpaired) electrons. The number of nitrogens with one attached hydrogen (secondary N) is 1. The molecule has 3 N–H and O–H groups in total. The van der Waals surface area contributed by atoms with Gasteiger partial charge >= 0.3 is 0 Å². The molecule has 0 saturated carbocycles. The smallest absolute Gasteiger partial charge is 0.243 e. The first kappa shape index (κ1) is 19.3. The molecule has 1 amide bonds. The zero-order valence-corrected chi connectivity index (χ0v) is 16.7. The maximum absolute atomic E-state index is 9.95. The standard InChI is InChI=1S/C19H15N5.C4H7NO/c20-18-17-16(13-9-12-5-1-2-6-14(12)21-10-13)15-7-3-4-8-24(15)19(17)23-11-22-18;1-3-4(6)5-2/h1-3,5-7,9-11H,4,8H2,(H2,20,22,23);3H,1H2,2H3,(H,5,6). The number of hydrogen-bond donors (Lipinski definition) is 2. The third kappa shape index (κ3) is 3.41. The normalized spacial score (nSPS) is 12.2. The summed E-state index contributed by atoms with van der Waals surface area (Å²) in [6.07, 6.45) is 10.00. The minimum absolute atomic E-state index is 0.144. The number of rotatable bonds is 2. The van der Waals surface area contributed by atoms with E-state index in [0.717, 1.165) is 51.7 Å². The van der Waals surface area contributed by atoms with Gasteiger partial charge in [-0.3, -0.25) is 9.78 Å². The Morgan fingerprint density at radius 3 is 2.87 bits per heavy atom. The summed E-state index contributed by atoms with van der Waals surface area (Å²) in [6.45, 7) is 4.12. The van der Waals surface area contributed by atoms with Crippen LogP contribution in [0.2, 0.25) is 0 Å². The van der Waals surface area contributed by atoms with E-state index in [0.29, 0.717) is 5.82 Å². The highest BCUT2D eigenvalue weighted by atomic mass is 16.1. The minimum atomic E-state index is -0.144. The fourth-order valence-corrected chi connectivity index (χ4v) is 3.61. The maximum atomic E-state index is 9.95. The lowest BCUT2D eigenvalue weighted by atomic mass is 10.0. The van der Waals surface area contributed by atoms with Crippen molar-refractivity contribution < 1.29 is 4.79 Å². The number of nitrogens with zero attached hydrogens (tertiary/aromatic N) is 4. The molecule has 0 bridgehead atoms. The number of aryl methyl sites for hydroxylation is 1.